The van der Waals surface area contributed by atoms with Crippen molar-refractivity contribution < 1.29 is 9.47 Å². The summed E-state index contributed by atoms with van der Waals surface area (Å²) in [4.78, 5) is 13.8. The molecule has 1 atom stereocenters. The van der Waals surface area contributed by atoms with Crippen molar-refractivity contribution in [2.45, 2.75) is 19.5 Å². The fraction of sp³-hybridized carbons (Fsp3) is 0.333. The van der Waals surface area contributed by atoms with Gasteiger partial charge in [0.1, 0.15) is 19.0 Å². The molecule has 1 fully saturated rings. The third kappa shape index (κ3) is 5.27. The lowest BCUT2D eigenvalue weighted by Crippen LogP contribution is -2.52. The highest BCUT2D eigenvalue weighted by molar-refractivity contribution is 5.49. The van der Waals surface area contributed by atoms with Crippen molar-refractivity contribution in [1.29, 1.82) is 0 Å². The summed E-state index contributed by atoms with van der Waals surface area (Å²) in [6.07, 6.45) is 3.40. The highest BCUT2D eigenvalue weighted by Crippen LogP contribution is 2.27. The Morgan fingerprint density at radius 2 is 1.57 bits per heavy atom. The van der Waals surface area contributed by atoms with Crippen LogP contribution in [0.2, 0.25) is 0 Å². The van der Waals surface area contributed by atoms with Gasteiger partial charge in [-0.15, -0.1) is 0 Å². The fourth-order valence-corrected chi connectivity index (χ4v) is 3.76. The molecule has 3 aromatic rings. The Balaban J connectivity index is 1.33. The molecule has 156 valence electrons. The van der Waals surface area contributed by atoms with E-state index < -0.39 is 0 Å². The van der Waals surface area contributed by atoms with E-state index in [9.17, 15) is 0 Å². The van der Waals surface area contributed by atoms with Gasteiger partial charge in [-0.3, -0.25) is 4.90 Å². The SMILES string of the molecule is CC1CN(Cc2ccccc2)CCN1c1nccnc1OCCOc1ccccc1. The number of hydrogen-bond donors (Lipinski definition) is 0. The van der Waals surface area contributed by atoms with Crippen LogP contribution in [0.3, 0.4) is 0 Å². The molecule has 6 heteroatoms. The number of para-hydroxylation sites is 1. The van der Waals surface area contributed by atoms with Crippen LogP contribution in [0, 0.1) is 0 Å². The molecule has 2 aromatic carbocycles. The summed E-state index contributed by atoms with van der Waals surface area (Å²) >= 11 is 0. The van der Waals surface area contributed by atoms with Gasteiger partial charge < -0.3 is 14.4 Å². The van der Waals surface area contributed by atoms with Gasteiger partial charge in [-0.25, -0.2) is 9.97 Å². The molecule has 0 amide bonds. The standard InChI is InChI=1S/C24H28N4O2/c1-20-18-27(19-21-8-4-2-5-9-21)14-15-28(20)23-24(26-13-12-25-23)30-17-16-29-22-10-6-3-7-11-22/h2-13,20H,14-19H2,1H3. The molecule has 1 aliphatic rings. The van der Waals surface area contributed by atoms with Crippen molar-refractivity contribution in [3.63, 3.8) is 0 Å². The van der Waals surface area contributed by atoms with Gasteiger partial charge in [0.15, 0.2) is 5.82 Å². The molecule has 30 heavy (non-hydrogen) atoms. The highest BCUT2D eigenvalue weighted by atomic mass is 16.5. The first-order valence-electron chi connectivity index (χ1n) is 10.4. The van der Waals surface area contributed by atoms with Gasteiger partial charge in [0.2, 0.25) is 0 Å². The summed E-state index contributed by atoms with van der Waals surface area (Å²) in [5.41, 5.74) is 1.35. The summed E-state index contributed by atoms with van der Waals surface area (Å²) in [5.74, 6) is 2.21. The minimum atomic E-state index is 0.321. The van der Waals surface area contributed by atoms with Crippen LogP contribution in [-0.2, 0) is 6.54 Å². The molecule has 0 aliphatic carbocycles. The zero-order valence-corrected chi connectivity index (χ0v) is 17.4. The number of ether oxygens (including phenoxy) is 2. The van der Waals surface area contributed by atoms with Crippen molar-refractivity contribution in [1.82, 2.24) is 14.9 Å². The monoisotopic (exact) mass is 404 g/mol. The van der Waals surface area contributed by atoms with Crippen LogP contribution < -0.4 is 14.4 Å². The molecular weight excluding hydrogens is 376 g/mol. The van der Waals surface area contributed by atoms with Crippen LogP contribution >= 0.6 is 0 Å². The molecule has 0 spiro atoms. The summed E-state index contributed by atoms with van der Waals surface area (Å²) < 4.78 is 11.6. The normalized spacial score (nSPS) is 17.0. The van der Waals surface area contributed by atoms with Crippen LogP contribution in [0.25, 0.3) is 0 Å². The Bertz CT molecular complexity index is 907. The van der Waals surface area contributed by atoms with Gasteiger partial charge in [0.25, 0.3) is 5.88 Å². The third-order valence-corrected chi connectivity index (χ3v) is 5.21. The molecule has 0 radical (unpaired) electrons. The maximum Gasteiger partial charge on any atom is 0.257 e. The van der Waals surface area contributed by atoms with E-state index in [4.69, 9.17) is 9.47 Å². The Morgan fingerprint density at radius 3 is 2.33 bits per heavy atom. The van der Waals surface area contributed by atoms with Gasteiger partial charge in [-0.2, -0.15) is 0 Å². The number of aromatic nitrogens is 2. The fourth-order valence-electron chi connectivity index (χ4n) is 3.76. The number of benzene rings is 2. The van der Waals surface area contributed by atoms with E-state index in [1.54, 1.807) is 12.4 Å². The minimum Gasteiger partial charge on any atom is -0.490 e. The van der Waals surface area contributed by atoms with Gasteiger partial charge in [-0.05, 0) is 24.6 Å². The zero-order valence-electron chi connectivity index (χ0n) is 17.4. The van der Waals surface area contributed by atoms with E-state index in [1.807, 2.05) is 30.3 Å². The van der Waals surface area contributed by atoms with Crippen LogP contribution in [0.5, 0.6) is 11.6 Å². The van der Waals surface area contributed by atoms with Crippen LogP contribution in [0.1, 0.15) is 12.5 Å². The first-order chi connectivity index (χ1) is 14.8. The summed E-state index contributed by atoms with van der Waals surface area (Å²) in [6.45, 7) is 6.93. The number of anilines is 1. The molecule has 0 N–H and O–H groups in total. The predicted molar refractivity (Wildman–Crippen MR) is 118 cm³/mol. The Labute approximate surface area is 178 Å². The second-order valence-corrected chi connectivity index (χ2v) is 7.46. The Morgan fingerprint density at radius 1 is 0.867 bits per heavy atom. The first kappa shape index (κ1) is 20.2. The third-order valence-electron chi connectivity index (χ3n) is 5.21. The quantitative estimate of drug-likeness (QED) is 0.534. The minimum absolute atomic E-state index is 0.321. The van der Waals surface area contributed by atoms with Crippen molar-refractivity contribution in [3.8, 4) is 11.6 Å². The molecule has 0 saturated carbocycles. The van der Waals surface area contributed by atoms with Gasteiger partial charge in [0, 0.05) is 44.6 Å². The van der Waals surface area contributed by atoms with Gasteiger partial charge in [0.05, 0.1) is 0 Å². The van der Waals surface area contributed by atoms with Crippen LogP contribution in [0.15, 0.2) is 73.1 Å². The summed E-state index contributed by atoms with van der Waals surface area (Å²) in [5, 5.41) is 0. The molecule has 4 rings (SSSR count). The molecule has 0 bridgehead atoms. The Kier molecular flexibility index (Phi) is 6.77. The number of rotatable bonds is 8. The van der Waals surface area contributed by atoms with Crippen molar-refractivity contribution in [2.75, 3.05) is 37.7 Å². The lowest BCUT2D eigenvalue weighted by Gasteiger charge is -2.40. The largest absolute Gasteiger partial charge is 0.490 e. The van der Waals surface area contributed by atoms with E-state index in [0.29, 0.717) is 25.1 Å². The molecule has 1 aromatic heterocycles. The van der Waals surface area contributed by atoms with E-state index in [-0.39, 0.29) is 0 Å². The van der Waals surface area contributed by atoms with Crippen molar-refractivity contribution >= 4 is 5.82 Å². The number of nitrogens with zero attached hydrogens (tertiary/aromatic N) is 4. The Hall–Kier alpha value is -3.12. The second-order valence-electron chi connectivity index (χ2n) is 7.46. The molecular formula is C24H28N4O2. The van der Waals surface area contributed by atoms with E-state index in [0.717, 1.165) is 37.7 Å². The predicted octanol–water partition coefficient (Wildman–Crippen LogP) is 3.65. The molecule has 6 nitrogen and oxygen atoms in total. The van der Waals surface area contributed by atoms with Crippen molar-refractivity contribution in [2.24, 2.45) is 0 Å². The van der Waals surface area contributed by atoms with E-state index in [2.05, 4.69) is 57.0 Å². The topological polar surface area (TPSA) is 50.7 Å². The lowest BCUT2D eigenvalue weighted by atomic mass is 10.1. The molecule has 1 saturated heterocycles. The first-order valence-corrected chi connectivity index (χ1v) is 10.4. The van der Waals surface area contributed by atoms with E-state index >= 15 is 0 Å². The smallest absolute Gasteiger partial charge is 0.257 e. The molecule has 2 heterocycles. The zero-order chi connectivity index (χ0) is 20.6. The van der Waals surface area contributed by atoms with Crippen molar-refractivity contribution in [3.05, 3.63) is 78.6 Å². The summed E-state index contributed by atoms with van der Waals surface area (Å²) in [7, 11) is 0. The summed E-state index contributed by atoms with van der Waals surface area (Å²) in [6, 6.07) is 20.7. The average molecular weight is 405 g/mol. The lowest BCUT2D eigenvalue weighted by molar-refractivity contribution is 0.205. The van der Waals surface area contributed by atoms with Crippen LogP contribution in [-0.4, -0.2) is 53.8 Å². The number of piperazine rings is 1. The van der Waals surface area contributed by atoms with Gasteiger partial charge >= 0.3 is 0 Å². The average Bonchev–Trinajstić information content (AvgIpc) is 2.79. The van der Waals surface area contributed by atoms with E-state index in [1.165, 1.54) is 5.56 Å². The van der Waals surface area contributed by atoms with Crippen LogP contribution in [0.4, 0.5) is 5.82 Å². The maximum atomic E-state index is 5.93. The highest BCUT2D eigenvalue weighted by Gasteiger charge is 2.27. The molecule has 1 aliphatic heterocycles. The molecule has 1 unspecified atom stereocenters. The van der Waals surface area contributed by atoms with Gasteiger partial charge in [-0.1, -0.05) is 48.5 Å². The maximum absolute atomic E-state index is 5.93. The number of hydrogen-bond acceptors (Lipinski definition) is 6. The second kappa shape index (κ2) is 10.1.